The summed E-state index contributed by atoms with van der Waals surface area (Å²) >= 11 is 5.88. The first kappa shape index (κ1) is 21.6. The fraction of sp³-hybridized carbons (Fsp3) is 0.217. The highest BCUT2D eigenvalue weighted by Gasteiger charge is 2.13. The molecule has 0 aliphatic heterocycles. The first-order valence-corrected chi connectivity index (χ1v) is 10.2. The molecule has 0 radical (unpaired) electrons. The molecular weight excluding hydrogens is 434 g/mol. The number of rotatable bonds is 8. The van der Waals surface area contributed by atoms with E-state index in [0.29, 0.717) is 23.2 Å². The zero-order valence-electron chi connectivity index (χ0n) is 17.5. The van der Waals surface area contributed by atoms with Crippen molar-refractivity contribution in [3.63, 3.8) is 0 Å². The van der Waals surface area contributed by atoms with E-state index in [9.17, 15) is 4.79 Å². The molecule has 0 atom stereocenters. The lowest BCUT2D eigenvalue weighted by molar-refractivity contribution is -0.144. The van der Waals surface area contributed by atoms with Gasteiger partial charge in [0.05, 0.1) is 17.7 Å². The molecule has 0 bridgehead atoms. The van der Waals surface area contributed by atoms with E-state index >= 15 is 0 Å². The van der Waals surface area contributed by atoms with Gasteiger partial charge in [0.25, 0.3) is 5.89 Å². The van der Waals surface area contributed by atoms with Gasteiger partial charge in [-0.25, -0.2) is 0 Å². The number of hydrogen-bond donors (Lipinski definition) is 0. The molecule has 0 saturated carbocycles. The molecule has 8 nitrogen and oxygen atoms in total. The van der Waals surface area contributed by atoms with Gasteiger partial charge < -0.3 is 18.5 Å². The van der Waals surface area contributed by atoms with Crippen molar-refractivity contribution in [1.82, 2.24) is 15.3 Å². The van der Waals surface area contributed by atoms with Crippen LogP contribution in [0.25, 0.3) is 11.4 Å². The summed E-state index contributed by atoms with van der Waals surface area (Å²) in [5, 5.41) is 8.42. The van der Waals surface area contributed by atoms with Gasteiger partial charge in [0.1, 0.15) is 18.1 Å². The molecule has 2 heterocycles. The summed E-state index contributed by atoms with van der Waals surface area (Å²) in [5.74, 6) is 1.64. The van der Waals surface area contributed by atoms with Crippen LogP contribution in [0.15, 0.2) is 57.6 Å². The molecule has 9 heteroatoms. The minimum atomic E-state index is -0.402. The Morgan fingerprint density at radius 1 is 0.969 bits per heavy atom. The minimum Gasteiger partial charge on any atom is -0.489 e. The highest BCUT2D eigenvalue weighted by molar-refractivity contribution is 6.30. The van der Waals surface area contributed by atoms with Crippen molar-refractivity contribution in [1.29, 1.82) is 0 Å². The average Bonchev–Trinajstić information content (AvgIpc) is 3.39. The van der Waals surface area contributed by atoms with Gasteiger partial charge >= 0.3 is 5.97 Å². The van der Waals surface area contributed by atoms with Gasteiger partial charge in [-0.2, -0.15) is 4.98 Å². The fourth-order valence-corrected chi connectivity index (χ4v) is 3.08. The Balaban J connectivity index is 1.26. The molecule has 4 rings (SSSR count). The Hall–Kier alpha value is -3.65. The average molecular weight is 454 g/mol. The van der Waals surface area contributed by atoms with E-state index in [1.807, 2.05) is 26.0 Å². The topological polar surface area (TPSA) is 100 Å². The molecule has 0 unspecified atom stereocenters. The van der Waals surface area contributed by atoms with Gasteiger partial charge in [0, 0.05) is 10.6 Å². The second kappa shape index (κ2) is 9.65. The summed E-state index contributed by atoms with van der Waals surface area (Å²) in [4.78, 5) is 16.4. The van der Waals surface area contributed by atoms with Crippen LogP contribution in [-0.2, 0) is 29.2 Å². The molecule has 0 aliphatic rings. The number of carbonyl (C=O) groups excluding carboxylic acids is 1. The van der Waals surface area contributed by atoms with Crippen LogP contribution in [0.3, 0.4) is 0 Å². The summed E-state index contributed by atoms with van der Waals surface area (Å²) in [6.45, 7) is 3.99. The number of hydrogen-bond acceptors (Lipinski definition) is 8. The quantitative estimate of drug-likeness (QED) is 0.348. The molecule has 0 amide bonds. The molecule has 164 valence electrons. The van der Waals surface area contributed by atoms with Gasteiger partial charge in [-0.15, -0.1) is 0 Å². The van der Waals surface area contributed by atoms with E-state index in [-0.39, 0.29) is 18.9 Å². The Morgan fingerprint density at radius 3 is 2.41 bits per heavy atom. The van der Waals surface area contributed by atoms with Gasteiger partial charge in [0.15, 0.2) is 6.61 Å². The normalized spacial score (nSPS) is 10.8. The third-order valence-electron chi connectivity index (χ3n) is 4.76. The zero-order chi connectivity index (χ0) is 22.5. The monoisotopic (exact) mass is 453 g/mol. The van der Waals surface area contributed by atoms with Crippen molar-refractivity contribution in [3.8, 4) is 17.1 Å². The van der Waals surface area contributed by atoms with Gasteiger partial charge in [-0.05, 0) is 55.8 Å². The highest BCUT2D eigenvalue weighted by atomic mass is 35.5. The van der Waals surface area contributed by atoms with Crippen LogP contribution in [0.1, 0.15) is 28.5 Å². The molecule has 2 aromatic heterocycles. The maximum atomic E-state index is 12.2. The maximum absolute atomic E-state index is 12.2. The molecule has 4 aromatic rings. The van der Waals surface area contributed by atoms with Gasteiger partial charge in [-0.3, -0.25) is 4.79 Å². The number of aryl methyl sites for hydroxylation is 2. The highest BCUT2D eigenvalue weighted by Crippen LogP contribution is 2.20. The first-order valence-electron chi connectivity index (χ1n) is 9.85. The number of benzene rings is 2. The lowest BCUT2D eigenvalue weighted by Crippen LogP contribution is -2.08. The predicted molar refractivity (Wildman–Crippen MR) is 115 cm³/mol. The fourth-order valence-electron chi connectivity index (χ4n) is 2.96. The second-order valence-electron chi connectivity index (χ2n) is 7.09. The smallest absolute Gasteiger partial charge is 0.310 e. The molecule has 0 saturated heterocycles. The van der Waals surface area contributed by atoms with E-state index in [1.54, 1.807) is 36.4 Å². The minimum absolute atomic E-state index is 0.0992. The van der Waals surface area contributed by atoms with Crippen LogP contribution >= 0.6 is 11.6 Å². The third kappa shape index (κ3) is 5.33. The number of esters is 1. The van der Waals surface area contributed by atoms with Gasteiger partial charge in [0.2, 0.25) is 5.82 Å². The van der Waals surface area contributed by atoms with E-state index in [4.69, 9.17) is 30.1 Å². The summed E-state index contributed by atoms with van der Waals surface area (Å²) in [6.07, 6.45) is 0.113. The Kier molecular flexibility index (Phi) is 6.51. The SMILES string of the molecule is Cc1noc(C)c1COc1ccc(CC(=O)OCc2nc(-c3ccc(Cl)cc3)no2)cc1. The number of carbonyl (C=O) groups is 1. The van der Waals surface area contributed by atoms with Crippen molar-refractivity contribution in [2.45, 2.75) is 33.5 Å². The summed E-state index contributed by atoms with van der Waals surface area (Å²) in [7, 11) is 0. The summed E-state index contributed by atoms with van der Waals surface area (Å²) in [5.41, 5.74) is 3.29. The molecule has 2 aromatic carbocycles. The Bertz CT molecular complexity index is 1180. The first-order chi connectivity index (χ1) is 15.5. The lowest BCUT2D eigenvalue weighted by Gasteiger charge is -2.07. The van der Waals surface area contributed by atoms with Crippen molar-refractivity contribution < 1.29 is 23.3 Å². The Labute approximate surface area is 189 Å². The molecule has 0 spiro atoms. The van der Waals surface area contributed by atoms with E-state index in [2.05, 4.69) is 15.3 Å². The largest absolute Gasteiger partial charge is 0.489 e. The third-order valence-corrected chi connectivity index (χ3v) is 5.02. The predicted octanol–water partition coefficient (Wildman–Crippen LogP) is 4.86. The van der Waals surface area contributed by atoms with Crippen molar-refractivity contribution in [2.75, 3.05) is 0 Å². The van der Waals surface area contributed by atoms with Crippen LogP contribution in [0.2, 0.25) is 5.02 Å². The maximum Gasteiger partial charge on any atom is 0.310 e. The number of aromatic nitrogens is 3. The molecule has 32 heavy (non-hydrogen) atoms. The van der Waals surface area contributed by atoms with E-state index in [1.165, 1.54) is 0 Å². The van der Waals surface area contributed by atoms with E-state index in [0.717, 1.165) is 28.1 Å². The summed E-state index contributed by atoms with van der Waals surface area (Å²) in [6, 6.07) is 14.3. The standard InChI is InChI=1S/C23H20ClN3O5/c1-14-20(15(2)31-26-14)12-29-19-9-3-16(4-10-19)11-22(28)30-13-21-25-23(27-32-21)17-5-7-18(24)8-6-17/h3-10H,11-13H2,1-2H3. The number of ether oxygens (including phenoxy) is 2. The van der Waals surface area contributed by atoms with E-state index < -0.39 is 5.97 Å². The Morgan fingerprint density at radius 2 is 1.72 bits per heavy atom. The van der Waals surface area contributed by atoms with Crippen LogP contribution in [-0.4, -0.2) is 21.3 Å². The van der Waals surface area contributed by atoms with Crippen LogP contribution in [0.4, 0.5) is 0 Å². The molecule has 0 N–H and O–H groups in total. The number of nitrogens with zero attached hydrogens (tertiary/aromatic N) is 3. The van der Waals surface area contributed by atoms with Crippen molar-refractivity contribution >= 4 is 17.6 Å². The summed E-state index contributed by atoms with van der Waals surface area (Å²) < 4.78 is 21.3. The number of halogens is 1. The van der Waals surface area contributed by atoms with Crippen LogP contribution in [0.5, 0.6) is 5.75 Å². The molecule has 0 aliphatic carbocycles. The second-order valence-corrected chi connectivity index (χ2v) is 7.53. The lowest BCUT2D eigenvalue weighted by atomic mass is 10.1. The van der Waals surface area contributed by atoms with Gasteiger partial charge in [-0.1, -0.05) is 34.0 Å². The van der Waals surface area contributed by atoms with Crippen LogP contribution in [0, 0.1) is 13.8 Å². The molecular formula is C23H20ClN3O5. The zero-order valence-corrected chi connectivity index (χ0v) is 18.3. The van der Waals surface area contributed by atoms with Crippen molar-refractivity contribution in [3.05, 3.63) is 82.0 Å². The molecule has 0 fully saturated rings. The van der Waals surface area contributed by atoms with Crippen LogP contribution < -0.4 is 4.74 Å². The van der Waals surface area contributed by atoms with Crippen molar-refractivity contribution in [2.24, 2.45) is 0 Å².